The molecule has 0 saturated carbocycles. The molecule has 116 valence electrons. The molecule has 6 nitrogen and oxygen atoms in total. The average Bonchev–Trinajstić information content (AvgIpc) is 2.64. The van der Waals surface area contributed by atoms with Crippen molar-refractivity contribution in [1.82, 2.24) is 4.31 Å². The van der Waals surface area contributed by atoms with Crippen molar-refractivity contribution in [2.45, 2.75) is 24.3 Å². The van der Waals surface area contributed by atoms with Gasteiger partial charge >= 0.3 is 0 Å². The smallest absolute Gasteiger partial charge is 0.258 e. The third-order valence-corrected chi connectivity index (χ3v) is 6.49. The first-order valence-electron chi connectivity index (χ1n) is 6.71. The van der Waals surface area contributed by atoms with E-state index < -0.39 is 14.9 Å². The third-order valence-electron chi connectivity index (χ3n) is 3.42. The molecule has 1 aliphatic rings. The molecule has 1 fully saturated rings. The van der Waals surface area contributed by atoms with Gasteiger partial charge in [0, 0.05) is 36.2 Å². The van der Waals surface area contributed by atoms with Gasteiger partial charge in [-0.25, -0.2) is 12.7 Å². The molecule has 1 saturated heterocycles. The zero-order chi connectivity index (χ0) is 15.5. The number of sulfonamides is 1. The number of benzene rings is 1. The molecule has 1 heterocycles. The van der Waals surface area contributed by atoms with E-state index in [9.17, 15) is 18.5 Å². The Labute approximate surface area is 128 Å². The summed E-state index contributed by atoms with van der Waals surface area (Å²) in [5, 5.41) is 11.1. The van der Waals surface area contributed by atoms with E-state index in [-0.39, 0.29) is 11.4 Å². The Hall–Kier alpha value is -1.12. The van der Waals surface area contributed by atoms with E-state index in [4.69, 9.17) is 0 Å². The Morgan fingerprint density at radius 3 is 2.62 bits per heavy atom. The lowest BCUT2D eigenvalue weighted by atomic mass is 10.2. The first kappa shape index (κ1) is 16.3. The number of nitro groups is 1. The summed E-state index contributed by atoms with van der Waals surface area (Å²) in [6.07, 6.45) is 0.851. The van der Waals surface area contributed by atoms with Crippen molar-refractivity contribution in [2.24, 2.45) is 0 Å². The van der Waals surface area contributed by atoms with E-state index in [0.717, 1.165) is 12.2 Å². The van der Waals surface area contributed by atoms with Gasteiger partial charge in [-0.3, -0.25) is 10.1 Å². The van der Waals surface area contributed by atoms with Gasteiger partial charge in [-0.2, -0.15) is 11.8 Å². The fourth-order valence-electron chi connectivity index (χ4n) is 2.17. The fourth-order valence-corrected chi connectivity index (χ4v) is 4.84. The van der Waals surface area contributed by atoms with Gasteiger partial charge in [0.15, 0.2) is 0 Å². The predicted octanol–water partition coefficient (Wildman–Crippen LogP) is 2.25. The van der Waals surface area contributed by atoms with Gasteiger partial charge in [-0.1, -0.05) is 19.1 Å². The summed E-state index contributed by atoms with van der Waals surface area (Å²) in [4.78, 5) is 10.1. The van der Waals surface area contributed by atoms with Crippen molar-refractivity contribution in [1.29, 1.82) is 0 Å². The topological polar surface area (TPSA) is 80.5 Å². The van der Waals surface area contributed by atoms with Crippen LogP contribution in [0.3, 0.4) is 0 Å². The highest BCUT2D eigenvalue weighted by atomic mass is 32.2. The number of thioether (sulfide) groups is 1. The first-order chi connectivity index (χ1) is 9.88. The summed E-state index contributed by atoms with van der Waals surface area (Å²) in [5.41, 5.74) is 0.543. The second kappa shape index (κ2) is 6.76. The minimum Gasteiger partial charge on any atom is -0.258 e. The van der Waals surface area contributed by atoms with Gasteiger partial charge < -0.3 is 0 Å². The molecule has 0 N–H and O–H groups in total. The third kappa shape index (κ3) is 4.42. The van der Waals surface area contributed by atoms with Crippen LogP contribution in [0, 0.1) is 10.1 Å². The van der Waals surface area contributed by atoms with Gasteiger partial charge in [0.2, 0.25) is 10.0 Å². The van der Waals surface area contributed by atoms with E-state index in [2.05, 4.69) is 6.92 Å². The Morgan fingerprint density at radius 2 is 2.00 bits per heavy atom. The van der Waals surface area contributed by atoms with Gasteiger partial charge in [-0.05, 0) is 12.0 Å². The van der Waals surface area contributed by atoms with Gasteiger partial charge in [0.25, 0.3) is 5.69 Å². The molecule has 1 unspecified atom stereocenters. The highest BCUT2D eigenvalue weighted by molar-refractivity contribution is 7.99. The molecule has 0 aliphatic carbocycles. The number of nitro benzene ring substituents is 1. The lowest BCUT2D eigenvalue weighted by molar-refractivity contribution is -0.384. The molecule has 1 aromatic carbocycles. The maximum atomic E-state index is 12.4. The van der Waals surface area contributed by atoms with Crippen molar-refractivity contribution >= 4 is 27.5 Å². The summed E-state index contributed by atoms with van der Waals surface area (Å²) in [6, 6.07) is 5.69. The van der Waals surface area contributed by atoms with Crippen molar-refractivity contribution < 1.29 is 13.3 Å². The van der Waals surface area contributed by atoms with E-state index in [1.54, 1.807) is 11.8 Å². The van der Waals surface area contributed by atoms with Crippen LogP contribution >= 0.6 is 11.8 Å². The summed E-state index contributed by atoms with van der Waals surface area (Å²) in [7, 11) is -3.37. The minimum absolute atomic E-state index is 0.0313. The maximum Gasteiger partial charge on any atom is 0.269 e. The van der Waals surface area contributed by atoms with Crippen molar-refractivity contribution in [3.63, 3.8) is 0 Å². The van der Waals surface area contributed by atoms with Gasteiger partial charge in [0.05, 0.1) is 10.7 Å². The molecule has 21 heavy (non-hydrogen) atoms. The zero-order valence-corrected chi connectivity index (χ0v) is 13.4. The molecule has 1 aliphatic heterocycles. The Kier molecular flexibility index (Phi) is 5.23. The SMILES string of the molecule is CC1CCN(S(=O)(=O)Cc2ccc([N+](=O)[O-])cc2)CCS1. The van der Waals surface area contributed by atoms with Crippen LogP contribution in [-0.4, -0.2) is 41.7 Å². The molecule has 0 radical (unpaired) electrons. The van der Waals surface area contributed by atoms with Crippen LogP contribution in [0.4, 0.5) is 5.69 Å². The highest BCUT2D eigenvalue weighted by Gasteiger charge is 2.25. The van der Waals surface area contributed by atoms with Crippen LogP contribution < -0.4 is 0 Å². The predicted molar refractivity (Wildman–Crippen MR) is 83.8 cm³/mol. The second-order valence-electron chi connectivity index (χ2n) is 5.05. The minimum atomic E-state index is -3.37. The van der Waals surface area contributed by atoms with E-state index in [0.29, 0.717) is 23.9 Å². The van der Waals surface area contributed by atoms with E-state index in [1.807, 2.05) is 0 Å². The van der Waals surface area contributed by atoms with Crippen LogP contribution in [0.2, 0.25) is 0 Å². The van der Waals surface area contributed by atoms with Crippen LogP contribution in [-0.2, 0) is 15.8 Å². The molecule has 0 bridgehead atoms. The second-order valence-corrected chi connectivity index (χ2v) is 8.56. The number of hydrogen-bond donors (Lipinski definition) is 0. The molecule has 2 rings (SSSR count). The fraction of sp³-hybridized carbons (Fsp3) is 0.538. The molecule has 8 heteroatoms. The molecule has 1 atom stereocenters. The summed E-state index contributed by atoms with van der Waals surface area (Å²) in [5.74, 6) is 0.699. The largest absolute Gasteiger partial charge is 0.269 e. The average molecular weight is 330 g/mol. The van der Waals surface area contributed by atoms with Crippen molar-refractivity contribution in [3.05, 3.63) is 39.9 Å². The van der Waals surface area contributed by atoms with E-state index in [1.165, 1.54) is 28.6 Å². The van der Waals surface area contributed by atoms with Crippen molar-refractivity contribution in [3.8, 4) is 0 Å². The van der Waals surface area contributed by atoms with E-state index >= 15 is 0 Å². The van der Waals surface area contributed by atoms with Crippen LogP contribution in [0.5, 0.6) is 0 Å². The summed E-state index contributed by atoms with van der Waals surface area (Å²) >= 11 is 1.79. The molecular weight excluding hydrogens is 312 g/mol. The zero-order valence-electron chi connectivity index (χ0n) is 11.8. The Morgan fingerprint density at radius 1 is 1.33 bits per heavy atom. The van der Waals surface area contributed by atoms with Gasteiger partial charge in [0.1, 0.15) is 0 Å². The van der Waals surface area contributed by atoms with Crippen LogP contribution in [0.15, 0.2) is 24.3 Å². The molecule has 0 aromatic heterocycles. The number of rotatable bonds is 4. The standard InChI is InChI=1S/C13H18N2O4S2/c1-11-6-7-14(8-9-20-11)21(18,19)10-12-2-4-13(5-3-12)15(16)17/h2-5,11H,6-10H2,1H3. The van der Waals surface area contributed by atoms with Crippen molar-refractivity contribution in [2.75, 3.05) is 18.8 Å². The number of nitrogens with zero attached hydrogens (tertiary/aromatic N) is 2. The van der Waals surface area contributed by atoms with Crippen LogP contribution in [0.25, 0.3) is 0 Å². The van der Waals surface area contributed by atoms with Gasteiger partial charge in [-0.15, -0.1) is 0 Å². The maximum absolute atomic E-state index is 12.4. The Bertz CT molecular complexity index is 601. The quantitative estimate of drug-likeness (QED) is 0.625. The monoisotopic (exact) mass is 330 g/mol. The summed E-state index contributed by atoms with van der Waals surface area (Å²) < 4.78 is 26.4. The number of hydrogen-bond acceptors (Lipinski definition) is 5. The molecule has 1 aromatic rings. The van der Waals surface area contributed by atoms with Crippen LogP contribution in [0.1, 0.15) is 18.9 Å². The molecule has 0 spiro atoms. The number of non-ortho nitro benzene ring substituents is 1. The normalized spacial score (nSPS) is 20.9. The molecule has 0 amide bonds. The lowest BCUT2D eigenvalue weighted by Gasteiger charge is -2.19. The first-order valence-corrected chi connectivity index (χ1v) is 9.37. The highest BCUT2D eigenvalue weighted by Crippen LogP contribution is 2.22. The molecular formula is C13H18N2O4S2. The summed E-state index contributed by atoms with van der Waals surface area (Å²) in [6.45, 7) is 3.19. The lowest BCUT2D eigenvalue weighted by Crippen LogP contribution is -2.34. The Balaban J connectivity index is 2.07.